The number of aryl methyl sites for hydroxylation is 1. The lowest BCUT2D eigenvalue weighted by molar-refractivity contribution is -0.118. The van der Waals surface area contributed by atoms with Crippen LogP contribution in [0.5, 0.6) is 11.5 Å². The van der Waals surface area contributed by atoms with Gasteiger partial charge in [0.1, 0.15) is 17.3 Å². The summed E-state index contributed by atoms with van der Waals surface area (Å²) in [6, 6.07) is 15.4. The molecule has 2 aromatic carbocycles. The molecule has 1 heterocycles. The molecule has 0 radical (unpaired) electrons. The summed E-state index contributed by atoms with van der Waals surface area (Å²) in [6.07, 6.45) is 1.84. The van der Waals surface area contributed by atoms with Gasteiger partial charge in [0.25, 0.3) is 0 Å². The largest absolute Gasteiger partial charge is 0.497 e. The number of carbonyl (C=O) groups excluding carboxylic acids is 1. The summed E-state index contributed by atoms with van der Waals surface area (Å²) in [5.74, 6) is 2.34. The minimum atomic E-state index is -0.211. The van der Waals surface area contributed by atoms with Gasteiger partial charge in [0.2, 0.25) is 5.91 Å². The van der Waals surface area contributed by atoms with E-state index in [1.54, 1.807) is 14.0 Å². The number of benzene rings is 2. The van der Waals surface area contributed by atoms with Crippen molar-refractivity contribution in [1.82, 2.24) is 14.9 Å². The second kappa shape index (κ2) is 9.96. The van der Waals surface area contributed by atoms with Gasteiger partial charge in [-0.15, -0.1) is 0 Å². The Morgan fingerprint density at radius 3 is 2.53 bits per heavy atom. The van der Waals surface area contributed by atoms with Gasteiger partial charge in [0.15, 0.2) is 0 Å². The molecular formula is C24H29N3O3. The lowest BCUT2D eigenvalue weighted by Crippen LogP contribution is -2.29. The summed E-state index contributed by atoms with van der Waals surface area (Å²) in [5, 5.41) is 2.97. The number of amides is 1. The predicted octanol–water partition coefficient (Wildman–Crippen LogP) is 4.66. The molecule has 3 aromatic rings. The number of methoxy groups -OCH3 is 1. The molecule has 0 aliphatic heterocycles. The van der Waals surface area contributed by atoms with Crippen LogP contribution in [0.4, 0.5) is 0 Å². The average Bonchev–Trinajstić information content (AvgIpc) is 3.12. The van der Waals surface area contributed by atoms with Crippen molar-refractivity contribution in [2.24, 2.45) is 0 Å². The van der Waals surface area contributed by atoms with Crippen molar-refractivity contribution < 1.29 is 14.3 Å². The first-order chi connectivity index (χ1) is 14.5. The van der Waals surface area contributed by atoms with Crippen LogP contribution in [0.3, 0.4) is 0 Å². The summed E-state index contributed by atoms with van der Waals surface area (Å²) in [7, 11) is 1.65. The van der Waals surface area contributed by atoms with E-state index in [4.69, 9.17) is 14.5 Å². The standard InChI is InChI=1S/C24H29N3O3/c1-17(2)24(28)25-18(3)23-26-21-9-5-6-10-22(21)27(23)15-7-8-16-30-20-13-11-19(29-4)12-14-20/h5-6,9-14,18H,1,7-8,15-16H2,2-4H3,(H,25,28). The van der Waals surface area contributed by atoms with E-state index < -0.39 is 0 Å². The predicted molar refractivity (Wildman–Crippen MR) is 119 cm³/mol. The number of fused-ring (bicyclic) bond motifs is 1. The van der Waals surface area contributed by atoms with Crippen LogP contribution in [0.25, 0.3) is 11.0 Å². The molecule has 0 aliphatic carbocycles. The van der Waals surface area contributed by atoms with Crippen LogP contribution in [0.2, 0.25) is 0 Å². The van der Waals surface area contributed by atoms with Gasteiger partial charge in [-0.1, -0.05) is 18.7 Å². The number of unbranched alkanes of at least 4 members (excludes halogenated alkanes) is 1. The zero-order valence-electron chi connectivity index (χ0n) is 17.9. The van der Waals surface area contributed by atoms with Crippen molar-refractivity contribution in [1.29, 1.82) is 0 Å². The molecule has 158 valence electrons. The lowest BCUT2D eigenvalue weighted by Gasteiger charge is -2.16. The Balaban J connectivity index is 1.62. The Kier molecular flexibility index (Phi) is 7.12. The Bertz CT molecular complexity index is 1010. The van der Waals surface area contributed by atoms with Crippen LogP contribution in [0, 0.1) is 0 Å². The number of carbonyl (C=O) groups is 1. The Morgan fingerprint density at radius 1 is 1.13 bits per heavy atom. The molecule has 0 spiro atoms. The van der Waals surface area contributed by atoms with Gasteiger partial charge in [0.05, 0.1) is 30.8 Å². The fourth-order valence-corrected chi connectivity index (χ4v) is 3.28. The number of hydrogen-bond donors (Lipinski definition) is 1. The maximum absolute atomic E-state index is 12.1. The number of hydrogen-bond acceptors (Lipinski definition) is 4. The van der Waals surface area contributed by atoms with Gasteiger partial charge in [-0.05, 0) is 63.1 Å². The fraction of sp³-hybridized carbons (Fsp3) is 0.333. The highest BCUT2D eigenvalue weighted by atomic mass is 16.5. The number of imidazole rings is 1. The first kappa shape index (κ1) is 21.4. The monoisotopic (exact) mass is 407 g/mol. The van der Waals surface area contributed by atoms with Crippen molar-refractivity contribution in [2.45, 2.75) is 39.3 Å². The van der Waals surface area contributed by atoms with Crippen LogP contribution in [-0.4, -0.2) is 29.2 Å². The quantitative estimate of drug-likeness (QED) is 0.392. The van der Waals surface area contributed by atoms with Crippen molar-refractivity contribution in [3.63, 3.8) is 0 Å². The van der Waals surface area contributed by atoms with Crippen LogP contribution in [0.1, 0.15) is 38.6 Å². The second-order valence-corrected chi connectivity index (χ2v) is 7.32. The molecule has 1 unspecified atom stereocenters. The number of para-hydroxylation sites is 2. The highest BCUT2D eigenvalue weighted by Crippen LogP contribution is 2.22. The number of aromatic nitrogens is 2. The summed E-state index contributed by atoms with van der Waals surface area (Å²) in [6.45, 7) is 8.80. The summed E-state index contributed by atoms with van der Waals surface area (Å²) >= 11 is 0. The lowest BCUT2D eigenvalue weighted by atomic mass is 10.2. The van der Waals surface area contributed by atoms with Gasteiger partial charge in [-0.2, -0.15) is 0 Å². The van der Waals surface area contributed by atoms with Crippen molar-refractivity contribution >= 4 is 16.9 Å². The SMILES string of the molecule is C=C(C)C(=O)NC(C)c1nc2ccccc2n1CCCCOc1ccc(OC)cc1. The van der Waals surface area contributed by atoms with E-state index in [2.05, 4.69) is 22.5 Å². The Morgan fingerprint density at radius 2 is 1.83 bits per heavy atom. The van der Waals surface area contributed by atoms with Crippen molar-refractivity contribution in [3.8, 4) is 11.5 Å². The number of ether oxygens (including phenoxy) is 2. The molecule has 0 aliphatic rings. The smallest absolute Gasteiger partial charge is 0.246 e. The van der Waals surface area contributed by atoms with Gasteiger partial charge >= 0.3 is 0 Å². The third kappa shape index (κ3) is 5.20. The molecule has 0 fully saturated rings. The molecule has 1 amide bonds. The molecule has 1 atom stereocenters. The molecule has 0 saturated carbocycles. The van der Waals surface area contributed by atoms with E-state index in [1.165, 1.54) is 0 Å². The van der Waals surface area contributed by atoms with Gasteiger partial charge in [0, 0.05) is 12.1 Å². The van der Waals surface area contributed by atoms with E-state index >= 15 is 0 Å². The number of rotatable bonds is 10. The van der Waals surface area contributed by atoms with Gasteiger partial charge < -0.3 is 19.4 Å². The topological polar surface area (TPSA) is 65.4 Å². The Labute approximate surface area is 177 Å². The van der Waals surface area contributed by atoms with E-state index in [-0.39, 0.29) is 11.9 Å². The molecule has 30 heavy (non-hydrogen) atoms. The van der Waals surface area contributed by atoms with Crippen LogP contribution >= 0.6 is 0 Å². The summed E-state index contributed by atoms with van der Waals surface area (Å²) in [5.41, 5.74) is 2.48. The minimum Gasteiger partial charge on any atom is -0.497 e. The van der Waals surface area contributed by atoms with Crippen molar-refractivity contribution in [2.75, 3.05) is 13.7 Å². The highest BCUT2D eigenvalue weighted by molar-refractivity contribution is 5.92. The average molecular weight is 408 g/mol. The summed E-state index contributed by atoms with van der Waals surface area (Å²) in [4.78, 5) is 16.8. The van der Waals surface area contributed by atoms with Crippen molar-refractivity contribution in [3.05, 3.63) is 66.5 Å². The van der Waals surface area contributed by atoms with E-state index in [0.29, 0.717) is 12.2 Å². The molecule has 1 aromatic heterocycles. The summed E-state index contributed by atoms with van der Waals surface area (Å²) < 4.78 is 13.2. The van der Waals surface area contributed by atoms with E-state index in [0.717, 1.165) is 47.7 Å². The number of nitrogens with zero attached hydrogens (tertiary/aromatic N) is 2. The molecule has 0 saturated heterocycles. The van der Waals surface area contributed by atoms with Gasteiger partial charge in [-0.3, -0.25) is 4.79 Å². The molecular weight excluding hydrogens is 378 g/mol. The van der Waals surface area contributed by atoms with Gasteiger partial charge in [-0.25, -0.2) is 4.98 Å². The molecule has 6 nitrogen and oxygen atoms in total. The molecule has 0 bridgehead atoms. The first-order valence-electron chi connectivity index (χ1n) is 10.2. The molecule has 3 rings (SSSR count). The zero-order chi connectivity index (χ0) is 21.5. The molecule has 6 heteroatoms. The minimum absolute atomic E-state index is 0.158. The normalized spacial score (nSPS) is 11.8. The fourth-order valence-electron chi connectivity index (χ4n) is 3.28. The molecule has 1 N–H and O–H groups in total. The van der Waals surface area contributed by atoms with Crippen LogP contribution in [-0.2, 0) is 11.3 Å². The van der Waals surface area contributed by atoms with Crippen LogP contribution in [0.15, 0.2) is 60.7 Å². The maximum atomic E-state index is 12.1. The maximum Gasteiger partial charge on any atom is 0.246 e. The number of nitrogens with one attached hydrogen (secondary N) is 1. The third-order valence-corrected chi connectivity index (χ3v) is 4.91. The highest BCUT2D eigenvalue weighted by Gasteiger charge is 2.18. The van der Waals surface area contributed by atoms with E-state index in [9.17, 15) is 4.79 Å². The van der Waals surface area contributed by atoms with E-state index in [1.807, 2.05) is 49.4 Å². The van der Waals surface area contributed by atoms with Crippen LogP contribution < -0.4 is 14.8 Å². The zero-order valence-corrected chi connectivity index (χ0v) is 17.9. The third-order valence-electron chi connectivity index (χ3n) is 4.91. The Hall–Kier alpha value is -3.28. The first-order valence-corrected chi connectivity index (χ1v) is 10.2. The second-order valence-electron chi connectivity index (χ2n) is 7.32.